The zero-order valence-electron chi connectivity index (χ0n) is 9.98. The fourth-order valence-electron chi connectivity index (χ4n) is 3.13. The van der Waals surface area contributed by atoms with Crippen LogP contribution in [0.15, 0.2) is 11.4 Å². The summed E-state index contributed by atoms with van der Waals surface area (Å²) in [6.45, 7) is 2.84. The molecule has 2 fully saturated rings. The number of nitrogens with two attached hydrogens (primary N) is 1. The summed E-state index contributed by atoms with van der Waals surface area (Å²) in [5, 5.41) is 2.14. The normalized spacial score (nSPS) is 27.1. The molecule has 1 aliphatic heterocycles. The van der Waals surface area contributed by atoms with Gasteiger partial charge >= 0.3 is 0 Å². The summed E-state index contributed by atoms with van der Waals surface area (Å²) in [7, 11) is 0. The second-order valence-corrected chi connectivity index (χ2v) is 6.03. The van der Waals surface area contributed by atoms with E-state index in [0.29, 0.717) is 6.54 Å². The molecule has 2 aliphatic rings. The number of piperidine rings is 1. The van der Waals surface area contributed by atoms with Gasteiger partial charge in [-0.2, -0.15) is 0 Å². The summed E-state index contributed by atoms with van der Waals surface area (Å²) in [5.74, 6) is 7.11. The molecule has 90 valence electrons. The molecule has 0 radical (unpaired) electrons. The van der Waals surface area contributed by atoms with Crippen LogP contribution in [-0.2, 0) is 6.54 Å². The van der Waals surface area contributed by atoms with Crippen molar-refractivity contribution in [2.75, 3.05) is 13.1 Å². The zero-order chi connectivity index (χ0) is 11.7. The first-order valence-electron chi connectivity index (χ1n) is 6.36. The van der Waals surface area contributed by atoms with Crippen LogP contribution in [0.25, 0.3) is 0 Å². The van der Waals surface area contributed by atoms with Gasteiger partial charge in [0.15, 0.2) is 0 Å². The van der Waals surface area contributed by atoms with Crippen LogP contribution in [0.4, 0.5) is 0 Å². The Hall–Kier alpha value is -0.820. The summed E-state index contributed by atoms with van der Waals surface area (Å²) < 4.78 is 0. The van der Waals surface area contributed by atoms with Crippen molar-refractivity contribution in [3.8, 4) is 11.8 Å². The van der Waals surface area contributed by atoms with Gasteiger partial charge in [0.2, 0.25) is 0 Å². The van der Waals surface area contributed by atoms with E-state index in [4.69, 9.17) is 5.73 Å². The molecule has 2 unspecified atom stereocenters. The Kier molecular flexibility index (Phi) is 3.19. The van der Waals surface area contributed by atoms with Crippen LogP contribution in [0, 0.1) is 17.8 Å². The predicted molar refractivity (Wildman–Crippen MR) is 71.8 cm³/mol. The average Bonchev–Trinajstić information content (AvgIpc) is 3.02. The van der Waals surface area contributed by atoms with Crippen molar-refractivity contribution in [3.63, 3.8) is 0 Å². The highest BCUT2D eigenvalue weighted by atomic mass is 32.1. The van der Waals surface area contributed by atoms with Crippen LogP contribution in [-0.4, -0.2) is 24.0 Å². The molecule has 17 heavy (non-hydrogen) atoms. The van der Waals surface area contributed by atoms with Gasteiger partial charge in [0, 0.05) is 29.6 Å². The summed E-state index contributed by atoms with van der Waals surface area (Å²) in [5.41, 5.74) is 6.61. The van der Waals surface area contributed by atoms with E-state index >= 15 is 0 Å². The van der Waals surface area contributed by atoms with Crippen LogP contribution in [0.1, 0.15) is 29.7 Å². The van der Waals surface area contributed by atoms with Gasteiger partial charge in [-0.05, 0) is 36.6 Å². The fourth-order valence-corrected chi connectivity index (χ4v) is 3.98. The molecule has 1 aliphatic carbocycles. The quantitative estimate of drug-likeness (QED) is 0.809. The Morgan fingerprint density at radius 1 is 1.47 bits per heavy atom. The van der Waals surface area contributed by atoms with Gasteiger partial charge in [-0.3, -0.25) is 4.90 Å². The van der Waals surface area contributed by atoms with E-state index in [0.717, 1.165) is 18.5 Å². The number of fused-ring (bicyclic) bond motifs is 2. The summed E-state index contributed by atoms with van der Waals surface area (Å²) in [4.78, 5) is 4.06. The molecule has 2 bridgehead atoms. The third-order valence-electron chi connectivity index (χ3n) is 3.94. The van der Waals surface area contributed by atoms with E-state index in [1.165, 1.54) is 36.2 Å². The zero-order valence-corrected chi connectivity index (χ0v) is 10.8. The van der Waals surface area contributed by atoms with Crippen molar-refractivity contribution in [1.29, 1.82) is 0 Å². The Bertz CT molecular complexity index is 454. The average molecular weight is 246 g/mol. The molecule has 1 saturated carbocycles. The standard InChI is InChI=1S/C14H18N2S/c15-6-1-2-12-5-7-17-14(12)10-16-9-11-3-4-13(16)8-11/h5,7,11,13H,3-4,6,8-10,15H2. The fraction of sp³-hybridized carbons (Fsp3) is 0.571. The largest absolute Gasteiger partial charge is 0.320 e. The molecule has 1 aromatic heterocycles. The Morgan fingerprint density at radius 3 is 3.12 bits per heavy atom. The highest BCUT2D eigenvalue weighted by molar-refractivity contribution is 7.10. The second-order valence-electron chi connectivity index (χ2n) is 5.03. The molecular weight excluding hydrogens is 228 g/mol. The van der Waals surface area contributed by atoms with Gasteiger partial charge in [-0.15, -0.1) is 11.3 Å². The Morgan fingerprint density at radius 2 is 2.41 bits per heavy atom. The molecule has 0 spiro atoms. The van der Waals surface area contributed by atoms with E-state index in [9.17, 15) is 0 Å². The molecule has 1 aromatic rings. The van der Waals surface area contributed by atoms with Crippen LogP contribution in [0.2, 0.25) is 0 Å². The van der Waals surface area contributed by atoms with Crippen molar-refractivity contribution in [1.82, 2.24) is 4.90 Å². The monoisotopic (exact) mass is 246 g/mol. The highest BCUT2D eigenvalue weighted by Gasteiger charge is 2.37. The van der Waals surface area contributed by atoms with Crippen LogP contribution in [0.5, 0.6) is 0 Å². The number of hydrogen-bond donors (Lipinski definition) is 1. The maximum Gasteiger partial charge on any atom is 0.0555 e. The molecule has 2 N–H and O–H groups in total. The van der Waals surface area contributed by atoms with Gasteiger partial charge in [-0.1, -0.05) is 11.8 Å². The van der Waals surface area contributed by atoms with E-state index in [-0.39, 0.29) is 0 Å². The molecule has 3 heteroatoms. The predicted octanol–water partition coefficient (Wildman–Crippen LogP) is 2.04. The van der Waals surface area contributed by atoms with Gasteiger partial charge < -0.3 is 5.73 Å². The van der Waals surface area contributed by atoms with Crippen molar-refractivity contribution < 1.29 is 0 Å². The first-order valence-corrected chi connectivity index (χ1v) is 7.24. The molecular formula is C14H18N2S. The number of rotatable bonds is 2. The van der Waals surface area contributed by atoms with Crippen molar-refractivity contribution >= 4 is 11.3 Å². The van der Waals surface area contributed by atoms with Crippen LogP contribution in [0.3, 0.4) is 0 Å². The first-order chi connectivity index (χ1) is 8.36. The number of nitrogens with zero attached hydrogens (tertiary/aromatic N) is 1. The van der Waals surface area contributed by atoms with Crippen molar-refractivity contribution in [2.24, 2.45) is 11.7 Å². The van der Waals surface area contributed by atoms with Gasteiger partial charge in [0.25, 0.3) is 0 Å². The minimum absolute atomic E-state index is 0.448. The third kappa shape index (κ3) is 2.26. The number of likely N-dealkylation sites (tertiary alicyclic amines) is 1. The maximum atomic E-state index is 5.43. The molecule has 2 nitrogen and oxygen atoms in total. The highest BCUT2D eigenvalue weighted by Crippen LogP contribution is 2.38. The molecule has 3 rings (SSSR count). The van der Waals surface area contributed by atoms with E-state index in [2.05, 4.69) is 28.2 Å². The number of hydrogen-bond acceptors (Lipinski definition) is 3. The van der Waals surface area contributed by atoms with E-state index in [1.807, 2.05) is 11.3 Å². The van der Waals surface area contributed by atoms with Gasteiger partial charge in [-0.25, -0.2) is 0 Å². The van der Waals surface area contributed by atoms with Crippen LogP contribution >= 0.6 is 11.3 Å². The second kappa shape index (κ2) is 4.81. The lowest BCUT2D eigenvalue weighted by Crippen LogP contribution is -2.31. The van der Waals surface area contributed by atoms with E-state index in [1.54, 1.807) is 0 Å². The summed E-state index contributed by atoms with van der Waals surface area (Å²) >= 11 is 1.83. The van der Waals surface area contributed by atoms with E-state index < -0.39 is 0 Å². The smallest absolute Gasteiger partial charge is 0.0555 e. The topological polar surface area (TPSA) is 29.3 Å². The Balaban J connectivity index is 1.71. The molecule has 0 aromatic carbocycles. The lowest BCUT2D eigenvalue weighted by Gasteiger charge is -2.26. The van der Waals surface area contributed by atoms with Gasteiger partial charge in [0.1, 0.15) is 0 Å². The van der Waals surface area contributed by atoms with Crippen molar-refractivity contribution in [3.05, 3.63) is 21.9 Å². The summed E-state index contributed by atoms with van der Waals surface area (Å²) in [6, 6.07) is 2.97. The minimum atomic E-state index is 0.448. The molecule has 2 atom stereocenters. The minimum Gasteiger partial charge on any atom is -0.320 e. The molecule has 2 heterocycles. The SMILES string of the molecule is NCC#Cc1ccsc1CN1CC2CCC1C2. The van der Waals surface area contributed by atoms with Crippen LogP contribution < -0.4 is 5.73 Å². The lowest BCUT2D eigenvalue weighted by molar-refractivity contribution is 0.207. The Labute approximate surface area is 107 Å². The lowest BCUT2D eigenvalue weighted by atomic mass is 10.1. The third-order valence-corrected chi connectivity index (χ3v) is 4.85. The molecule has 1 saturated heterocycles. The maximum absolute atomic E-state index is 5.43. The molecule has 0 amide bonds. The van der Waals surface area contributed by atoms with Gasteiger partial charge in [0.05, 0.1) is 6.54 Å². The summed E-state index contributed by atoms with van der Waals surface area (Å²) in [6.07, 6.45) is 4.28. The number of thiophene rings is 1. The van der Waals surface area contributed by atoms with Crippen molar-refractivity contribution in [2.45, 2.75) is 31.8 Å². The first kappa shape index (κ1) is 11.3.